The summed E-state index contributed by atoms with van der Waals surface area (Å²) in [5, 5.41) is 3.43. The number of nitrogens with zero attached hydrogens (tertiary/aromatic N) is 1. The highest BCUT2D eigenvalue weighted by Crippen LogP contribution is 2.20. The number of nitrogens with one attached hydrogen (secondary N) is 1. The molecule has 1 fully saturated rings. The van der Waals surface area contributed by atoms with Crippen LogP contribution in [0.5, 0.6) is 0 Å². The van der Waals surface area contributed by atoms with E-state index in [4.69, 9.17) is 4.74 Å². The summed E-state index contributed by atoms with van der Waals surface area (Å²) in [5.74, 6) is 0. The van der Waals surface area contributed by atoms with Crippen molar-refractivity contribution < 1.29 is 4.74 Å². The van der Waals surface area contributed by atoms with E-state index in [2.05, 4.69) is 57.3 Å². The van der Waals surface area contributed by atoms with Crippen molar-refractivity contribution in [2.75, 3.05) is 33.3 Å². The summed E-state index contributed by atoms with van der Waals surface area (Å²) >= 11 is 3.49. The SMILES string of the molecule is CCC1CN(CCC(NC)c2ccc(Br)cc2)CCO1. The van der Waals surface area contributed by atoms with Crippen LogP contribution in [0.1, 0.15) is 31.4 Å². The third-order valence-corrected chi connectivity index (χ3v) is 4.56. The number of rotatable bonds is 6. The molecule has 2 rings (SSSR count). The fourth-order valence-electron chi connectivity index (χ4n) is 2.71. The number of morpholine rings is 1. The average Bonchev–Trinajstić information content (AvgIpc) is 2.50. The second-order valence-corrected chi connectivity index (χ2v) is 6.30. The van der Waals surface area contributed by atoms with Gasteiger partial charge in [0.15, 0.2) is 0 Å². The Kier molecular flexibility index (Phi) is 6.49. The summed E-state index contributed by atoms with van der Waals surface area (Å²) in [7, 11) is 2.04. The van der Waals surface area contributed by atoms with Crippen molar-refractivity contribution in [3.8, 4) is 0 Å². The van der Waals surface area contributed by atoms with E-state index in [9.17, 15) is 0 Å². The molecule has 20 heavy (non-hydrogen) atoms. The lowest BCUT2D eigenvalue weighted by Crippen LogP contribution is -2.43. The minimum atomic E-state index is 0.421. The van der Waals surface area contributed by atoms with Crippen LogP contribution in [0.25, 0.3) is 0 Å². The summed E-state index contributed by atoms with van der Waals surface area (Å²) in [4.78, 5) is 2.53. The van der Waals surface area contributed by atoms with Crippen LogP contribution < -0.4 is 5.32 Å². The first-order valence-corrected chi connectivity index (χ1v) is 8.29. The molecular formula is C16H25BrN2O. The monoisotopic (exact) mass is 340 g/mol. The van der Waals surface area contributed by atoms with Crippen molar-refractivity contribution in [2.24, 2.45) is 0 Å². The molecular weight excluding hydrogens is 316 g/mol. The molecule has 4 heteroatoms. The van der Waals surface area contributed by atoms with Crippen LogP contribution in [-0.2, 0) is 4.74 Å². The van der Waals surface area contributed by atoms with Crippen molar-refractivity contribution in [3.63, 3.8) is 0 Å². The predicted molar refractivity (Wildman–Crippen MR) is 87.0 cm³/mol. The van der Waals surface area contributed by atoms with E-state index in [-0.39, 0.29) is 0 Å². The summed E-state index contributed by atoms with van der Waals surface area (Å²) < 4.78 is 6.86. The standard InChI is InChI=1S/C16H25BrN2O/c1-3-15-12-19(10-11-20-15)9-8-16(18-2)13-4-6-14(17)7-5-13/h4-7,15-16,18H,3,8-12H2,1-2H3. The van der Waals surface area contributed by atoms with E-state index in [1.807, 2.05) is 7.05 Å². The third kappa shape index (κ3) is 4.55. The van der Waals surface area contributed by atoms with Gasteiger partial charge in [-0.15, -0.1) is 0 Å². The van der Waals surface area contributed by atoms with Crippen LogP contribution in [0.2, 0.25) is 0 Å². The Balaban J connectivity index is 1.85. The lowest BCUT2D eigenvalue weighted by Gasteiger charge is -2.33. The molecule has 0 amide bonds. The third-order valence-electron chi connectivity index (χ3n) is 4.03. The zero-order chi connectivity index (χ0) is 14.4. The molecule has 1 N–H and O–H groups in total. The van der Waals surface area contributed by atoms with Gasteiger partial charge in [-0.25, -0.2) is 0 Å². The van der Waals surface area contributed by atoms with Gasteiger partial charge in [0.2, 0.25) is 0 Å². The normalized spacial score (nSPS) is 21.9. The van der Waals surface area contributed by atoms with Crippen molar-refractivity contribution >= 4 is 15.9 Å². The highest BCUT2D eigenvalue weighted by Gasteiger charge is 2.19. The number of ether oxygens (including phenoxy) is 1. The highest BCUT2D eigenvalue weighted by molar-refractivity contribution is 9.10. The van der Waals surface area contributed by atoms with E-state index in [1.165, 1.54) is 5.56 Å². The molecule has 3 nitrogen and oxygen atoms in total. The molecule has 0 saturated carbocycles. The molecule has 0 radical (unpaired) electrons. The Hall–Kier alpha value is -0.420. The Morgan fingerprint density at radius 2 is 2.15 bits per heavy atom. The maximum atomic E-state index is 5.73. The van der Waals surface area contributed by atoms with Gasteiger partial charge >= 0.3 is 0 Å². The average molecular weight is 341 g/mol. The van der Waals surface area contributed by atoms with Crippen molar-refractivity contribution in [1.29, 1.82) is 0 Å². The van der Waals surface area contributed by atoms with Crippen LogP contribution in [0.15, 0.2) is 28.7 Å². The first-order chi connectivity index (χ1) is 9.72. The molecule has 1 aliphatic heterocycles. The number of hydrogen-bond acceptors (Lipinski definition) is 3. The summed E-state index contributed by atoms with van der Waals surface area (Å²) in [6.45, 7) is 6.34. The van der Waals surface area contributed by atoms with E-state index < -0.39 is 0 Å². The minimum absolute atomic E-state index is 0.421. The van der Waals surface area contributed by atoms with Gasteiger partial charge in [-0.2, -0.15) is 0 Å². The van der Waals surface area contributed by atoms with Crippen LogP contribution in [0.4, 0.5) is 0 Å². The largest absolute Gasteiger partial charge is 0.376 e. The molecule has 1 aromatic rings. The number of halogens is 1. The van der Waals surface area contributed by atoms with Gasteiger partial charge in [0.05, 0.1) is 12.7 Å². The molecule has 1 heterocycles. The summed E-state index contributed by atoms with van der Waals surface area (Å²) in [5.41, 5.74) is 1.36. The van der Waals surface area contributed by atoms with Gasteiger partial charge in [-0.1, -0.05) is 35.0 Å². The van der Waals surface area contributed by atoms with Crippen molar-refractivity contribution in [1.82, 2.24) is 10.2 Å². The van der Waals surface area contributed by atoms with Gasteiger partial charge in [-0.05, 0) is 37.6 Å². The fraction of sp³-hybridized carbons (Fsp3) is 0.625. The van der Waals surface area contributed by atoms with E-state index in [1.54, 1.807) is 0 Å². The minimum Gasteiger partial charge on any atom is -0.376 e. The molecule has 112 valence electrons. The first kappa shape index (κ1) is 16.0. The van der Waals surface area contributed by atoms with Gasteiger partial charge in [0.1, 0.15) is 0 Å². The second kappa shape index (κ2) is 8.13. The van der Waals surface area contributed by atoms with Gasteiger partial charge in [0.25, 0.3) is 0 Å². The molecule has 0 spiro atoms. The van der Waals surface area contributed by atoms with Gasteiger partial charge in [-0.3, -0.25) is 4.90 Å². The van der Waals surface area contributed by atoms with Crippen molar-refractivity contribution in [3.05, 3.63) is 34.3 Å². The molecule has 1 aromatic carbocycles. The van der Waals surface area contributed by atoms with Crippen LogP contribution >= 0.6 is 15.9 Å². The smallest absolute Gasteiger partial charge is 0.0700 e. The van der Waals surface area contributed by atoms with Crippen LogP contribution in [0, 0.1) is 0 Å². The number of hydrogen-bond donors (Lipinski definition) is 1. The highest BCUT2D eigenvalue weighted by atomic mass is 79.9. The molecule has 0 aliphatic carbocycles. The van der Waals surface area contributed by atoms with Gasteiger partial charge < -0.3 is 10.1 Å². The van der Waals surface area contributed by atoms with Crippen molar-refractivity contribution in [2.45, 2.75) is 31.9 Å². The Labute approximate surface area is 130 Å². The summed E-state index contributed by atoms with van der Waals surface area (Å²) in [6.07, 6.45) is 2.66. The zero-order valence-corrected chi connectivity index (χ0v) is 14.0. The molecule has 1 saturated heterocycles. The van der Waals surface area contributed by atoms with Gasteiger partial charge in [0, 0.05) is 30.1 Å². The van der Waals surface area contributed by atoms with Crippen LogP contribution in [-0.4, -0.2) is 44.3 Å². The maximum absolute atomic E-state index is 5.73. The summed E-state index contributed by atoms with van der Waals surface area (Å²) in [6, 6.07) is 9.04. The van der Waals surface area contributed by atoms with E-state index in [0.717, 1.165) is 43.6 Å². The molecule has 2 unspecified atom stereocenters. The molecule has 0 bridgehead atoms. The Bertz CT molecular complexity index is 396. The second-order valence-electron chi connectivity index (χ2n) is 5.38. The Morgan fingerprint density at radius 1 is 1.40 bits per heavy atom. The Morgan fingerprint density at radius 3 is 2.80 bits per heavy atom. The van der Waals surface area contributed by atoms with Crippen LogP contribution in [0.3, 0.4) is 0 Å². The molecule has 2 atom stereocenters. The zero-order valence-electron chi connectivity index (χ0n) is 12.4. The first-order valence-electron chi connectivity index (χ1n) is 7.49. The lowest BCUT2D eigenvalue weighted by atomic mass is 10.0. The molecule has 1 aliphatic rings. The quantitative estimate of drug-likeness (QED) is 0.860. The topological polar surface area (TPSA) is 24.5 Å². The fourth-order valence-corrected chi connectivity index (χ4v) is 2.98. The van der Waals surface area contributed by atoms with E-state index in [0.29, 0.717) is 12.1 Å². The number of benzene rings is 1. The lowest BCUT2D eigenvalue weighted by molar-refractivity contribution is -0.0304. The van der Waals surface area contributed by atoms with E-state index >= 15 is 0 Å². The maximum Gasteiger partial charge on any atom is 0.0700 e. The predicted octanol–water partition coefficient (Wildman–Crippen LogP) is 3.21. The molecule has 0 aromatic heterocycles.